The Morgan fingerprint density at radius 1 is 1.38 bits per heavy atom. The third-order valence-corrected chi connectivity index (χ3v) is 1.88. The van der Waals surface area contributed by atoms with Crippen LogP contribution in [0.1, 0.15) is 11.1 Å². The van der Waals surface area contributed by atoms with E-state index in [1.807, 2.05) is 19.2 Å². The Kier molecular flexibility index (Phi) is 1.90. The minimum Gasteiger partial charge on any atom is -0.282 e. The molecule has 13 heavy (non-hydrogen) atoms. The lowest BCUT2D eigenvalue weighted by atomic mass is 10.1. The first kappa shape index (κ1) is 8.07. The number of nitrogens with one attached hydrogen (secondary N) is 2. The van der Waals surface area contributed by atoms with Crippen LogP contribution in [0.25, 0.3) is 0 Å². The Hall–Kier alpha value is -1.55. The summed E-state index contributed by atoms with van der Waals surface area (Å²) in [4.78, 5) is 0. The van der Waals surface area contributed by atoms with Gasteiger partial charge in [-0.2, -0.15) is 0 Å². The Morgan fingerprint density at radius 3 is 2.85 bits per heavy atom. The van der Waals surface area contributed by atoms with Crippen molar-refractivity contribution in [2.24, 2.45) is 5.10 Å². The zero-order chi connectivity index (χ0) is 9.26. The molecule has 0 aliphatic carbocycles. The molecule has 0 unspecified atom stereocenters. The highest BCUT2D eigenvalue weighted by atomic mass is 15.9. The van der Waals surface area contributed by atoms with Gasteiger partial charge in [0.05, 0.1) is 0 Å². The van der Waals surface area contributed by atoms with Crippen LogP contribution in [-0.4, -0.2) is 18.0 Å². The zero-order valence-corrected chi connectivity index (χ0v) is 7.70. The van der Waals surface area contributed by atoms with E-state index in [0.717, 1.165) is 11.4 Å². The number of benzene rings is 1. The third-order valence-electron chi connectivity index (χ3n) is 1.88. The molecular weight excluding hydrogens is 164 g/mol. The van der Waals surface area contributed by atoms with E-state index >= 15 is 0 Å². The molecule has 1 heterocycles. The van der Waals surface area contributed by atoms with E-state index in [9.17, 15) is 0 Å². The van der Waals surface area contributed by atoms with Crippen LogP contribution in [0.4, 0.5) is 0 Å². The topological polar surface area (TPSA) is 39.7 Å². The molecule has 0 fully saturated rings. The number of nitrogens with zero attached hydrogens (tertiary/aromatic N) is 2. The van der Waals surface area contributed by atoms with Gasteiger partial charge in [0.1, 0.15) is 0 Å². The van der Waals surface area contributed by atoms with Crippen molar-refractivity contribution >= 4 is 5.84 Å². The highest BCUT2D eigenvalue weighted by Crippen LogP contribution is 2.05. The van der Waals surface area contributed by atoms with Crippen molar-refractivity contribution in [1.82, 2.24) is 16.1 Å². The van der Waals surface area contributed by atoms with Crippen molar-refractivity contribution in [3.05, 3.63) is 35.4 Å². The first-order valence-corrected chi connectivity index (χ1v) is 4.16. The molecule has 0 amide bonds. The molecule has 0 saturated carbocycles. The predicted octanol–water partition coefficient (Wildman–Crippen LogP) is 0.611. The van der Waals surface area contributed by atoms with Crippen LogP contribution < -0.4 is 11.0 Å². The molecule has 68 valence electrons. The second-order valence-electron chi connectivity index (χ2n) is 3.10. The van der Waals surface area contributed by atoms with Crippen LogP contribution in [0.15, 0.2) is 29.4 Å². The SMILES string of the molecule is Cc1cccc(C2=NNN(C)N2)c1. The maximum Gasteiger partial charge on any atom is 0.170 e. The van der Waals surface area contributed by atoms with Crippen LogP contribution in [0.2, 0.25) is 0 Å². The number of hydrogen-bond donors (Lipinski definition) is 2. The van der Waals surface area contributed by atoms with Gasteiger partial charge >= 0.3 is 0 Å². The molecule has 0 radical (unpaired) electrons. The average Bonchev–Trinajstić information content (AvgIpc) is 2.52. The van der Waals surface area contributed by atoms with E-state index in [1.54, 1.807) is 5.12 Å². The molecule has 0 aromatic heterocycles. The van der Waals surface area contributed by atoms with Crippen molar-refractivity contribution in [2.45, 2.75) is 6.92 Å². The predicted molar refractivity (Wildman–Crippen MR) is 51.8 cm³/mol. The number of amidine groups is 1. The summed E-state index contributed by atoms with van der Waals surface area (Å²) in [6, 6.07) is 8.20. The summed E-state index contributed by atoms with van der Waals surface area (Å²) in [5, 5.41) is 5.82. The quantitative estimate of drug-likeness (QED) is 0.658. The summed E-state index contributed by atoms with van der Waals surface area (Å²) in [7, 11) is 1.87. The second kappa shape index (κ2) is 3.06. The van der Waals surface area contributed by atoms with Gasteiger partial charge in [-0.05, 0) is 13.0 Å². The first-order chi connectivity index (χ1) is 6.25. The van der Waals surface area contributed by atoms with Crippen LogP contribution in [-0.2, 0) is 0 Å². The minimum atomic E-state index is 0.853. The van der Waals surface area contributed by atoms with Gasteiger partial charge in [-0.3, -0.25) is 5.43 Å². The van der Waals surface area contributed by atoms with Gasteiger partial charge in [0.2, 0.25) is 0 Å². The lowest BCUT2D eigenvalue weighted by molar-refractivity contribution is 0.232. The van der Waals surface area contributed by atoms with Gasteiger partial charge in [0, 0.05) is 12.6 Å². The number of rotatable bonds is 1. The van der Waals surface area contributed by atoms with Gasteiger partial charge < -0.3 is 0 Å². The Morgan fingerprint density at radius 2 is 2.23 bits per heavy atom. The highest BCUT2D eigenvalue weighted by molar-refractivity contribution is 5.98. The minimum absolute atomic E-state index is 0.853. The standard InChI is InChI=1S/C9H12N4/c1-7-4-3-5-8(6-7)9-10-12-13(2)11-9/h3-6,12H,1-2H3,(H,10,11). The summed E-state index contributed by atoms with van der Waals surface area (Å²) in [6.07, 6.45) is 0. The summed E-state index contributed by atoms with van der Waals surface area (Å²) in [5.74, 6) is 0.853. The van der Waals surface area contributed by atoms with Crippen LogP contribution in [0.5, 0.6) is 0 Å². The van der Waals surface area contributed by atoms with E-state index in [0.29, 0.717) is 0 Å². The fourth-order valence-electron chi connectivity index (χ4n) is 1.26. The summed E-state index contributed by atoms with van der Waals surface area (Å²) < 4.78 is 0. The first-order valence-electron chi connectivity index (χ1n) is 4.16. The molecule has 1 aliphatic rings. The average molecular weight is 176 g/mol. The van der Waals surface area contributed by atoms with Crippen LogP contribution >= 0.6 is 0 Å². The number of hydrogen-bond acceptors (Lipinski definition) is 4. The van der Waals surface area contributed by atoms with E-state index < -0.39 is 0 Å². The summed E-state index contributed by atoms with van der Waals surface area (Å²) >= 11 is 0. The third kappa shape index (κ3) is 1.62. The van der Waals surface area contributed by atoms with E-state index in [2.05, 4.69) is 35.1 Å². The molecule has 0 bridgehead atoms. The molecule has 4 heteroatoms. The van der Waals surface area contributed by atoms with Crippen LogP contribution in [0.3, 0.4) is 0 Å². The van der Waals surface area contributed by atoms with Gasteiger partial charge in [0.15, 0.2) is 5.84 Å². The van der Waals surface area contributed by atoms with E-state index in [1.165, 1.54) is 5.56 Å². The van der Waals surface area contributed by atoms with Gasteiger partial charge in [-0.1, -0.05) is 23.8 Å². The van der Waals surface area contributed by atoms with Gasteiger partial charge in [0.25, 0.3) is 0 Å². The second-order valence-corrected chi connectivity index (χ2v) is 3.10. The lowest BCUT2D eigenvalue weighted by Crippen LogP contribution is -2.37. The maximum absolute atomic E-state index is 4.11. The van der Waals surface area contributed by atoms with E-state index in [4.69, 9.17) is 0 Å². The number of hydrazine groups is 2. The summed E-state index contributed by atoms with van der Waals surface area (Å²) in [6.45, 7) is 2.07. The zero-order valence-electron chi connectivity index (χ0n) is 7.70. The smallest absolute Gasteiger partial charge is 0.170 e. The number of aryl methyl sites for hydroxylation is 1. The fourth-order valence-corrected chi connectivity index (χ4v) is 1.26. The molecule has 1 aromatic rings. The molecule has 4 nitrogen and oxygen atoms in total. The Labute approximate surface area is 77.2 Å². The van der Waals surface area contributed by atoms with Crippen LogP contribution in [0, 0.1) is 6.92 Å². The molecule has 0 saturated heterocycles. The molecule has 2 rings (SSSR count). The fraction of sp³-hybridized carbons (Fsp3) is 0.222. The molecule has 1 aliphatic heterocycles. The van der Waals surface area contributed by atoms with Crippen molar-refractivity contribution in [3.63, 3.8) is 0 Å². The number of hydrazone groups is 1. The van der Waals surface area contributed by atoms with Crippen molar-refractivity contribution < 1.29 is 0 Å². The molecule has 0 spiro atoms. The summed E-state index contributed by atoms with van der Waals surface area (Å²) in [5.41, 5.74) is 8.19. The largest absolute Gasteiger partial charge is 0.282 e. The molecule has 0 atom stereocenters. The van der Waals surface area contributed by atoms with Crippen molar-refractivity contribution in [3.8, 4) is 0 Å². The Bertz CT molecular complexity index is 345. The highest BCUT2D eigenvalue weighted by Gasteiger charge is 2.11. The Balaban J connectivity index is 2.26. The van der Waals surface area contributed by atoms with Crippen molar-refractivity contribution in [1.29, 1.82) is 0 Å². The lowest BCUT2D eigenvalue weighted by Gasteiger charge is -2.08. The molecule has 2 N–H and O–H groups in total. The maximum atomic E-state index is 4.11. The van der Waals surface area contributed by atoms with Crippen molar-refractivity contribution in [2.75, 3.05) is 7.05 Å². The molecular formula is C9H12N4. The van der Waals surface area contributed by atoms with Gasteiger partial charge in [-0.25, -0.2) is 5.53 Å². The monoisotopic (exact) mass is 176 g/mol. The molecule has 1 aromatic carbocycles. The van der Waals surface area contributed by atoms with Gasteiger partial charge in [-0.15, -0.1) is 10.2 Å². The normalized spacial score (nSPS) is 16.3. The van der Waals surface area contributed by atoms with E-state index in [-0.39, 0.29) is 0 Å².